The average molecular weight is 309 g/mol. The number of hydrogen-bond donors (Lipinski definition) is 1. The standard InChI is InChI=1S/C19H23N3O/c1-3-12-22(13-11-17-7-5-4-6-8-17)19(23)21-15-18-10-9-16(2)20-14-18/h3-10,14H,1,11-13,15H2,2H3,(H,21,23). The number of pyridine rings is 1. The van der Waals surface area contributed by atoms with Gasteiger partial charge >= 0.3 is 6.03 Å². The summed E-state index contributed by atoms with van der Waals surface area (Å²) in [4.78, 5) is 18.3. The molecule has 23 heavy (non-hydrogen) atoms. The van der Waals surface area contributed by atoms with Crippen LogP contribution in [0.25, 0.3) is 0 Å². The highest BCUT2D eigenvalue weighted by atomic mass is 16.2. The summed E-state index contributed by atoms with van der Waals surface area (Å²) >= 11 is 0. The van der Waals surface area contributed by atoms with Gasteiger partial charge in [-0.05, 0) is 30.5 Å². The van der Waals surface area contributed by atoms with E-state index >= 15 is 0 Å². The zero-order valence-electron chi connectivity index (χ0n) is 13.5. The van der Waals surface area contributed by atoms with Gasteiger partial charge in [0.2, 0.25) is 0 Å². The van der Waals surface area contributed by atoms with Crippen molar-refractivity contribution in [1.29, 1.82) is 0 Å². The summed E-state index contributed by atoms with van der Waals surface area (Å²) < 4.78 is 0. The van der Waals surface area contributed by atoms with E-state index in [9.17, 15) is 4.79 Å². The second-order valence-corrected chi connectivity index (χ2v) is 5.44. The number of hydrogen-bond acceptors (Lipinski definition) is 2. The first-order chi connectivity index (χ1) is 11.2. The summed E-state index contributed by atoms with van der Waals surface area (Å²) in [6.07, 6.45) is 4.36. The molecule has 120 valence electrons. The van der Waals surface area contributed by atoms with Crippen molar-refractivity contribution in [2.75, 3.05) is 13.1 Å². The maximum Gasteiger partial charge on any atom is 0.317 e. The summed E-state index contributed by atoms with van der Waals surface area (Å²) in [5.41, 5.74) is 3.18. The van der Waals surface area contributed by atoms with Crippen molar-refractivity contribution >= 4 is 6.03 Å². The molecule has 0 radical (unpaired) electrons. The molecule has 0 unspecified atom stereocenters. The van der Waals surface area contributed by atoms with Crippen molar-refractivity contribution in [3.8, 4) is 0 Å². The minimum absolute atomic E-state index is 0.0820. The van der Waals surface area contributed by atoms with Crippen molar-refractivity contribution in [3.63, 3.8) is 0 Å². The molecule has 2 aromatic rings. The lowest BCUT2D eigenvalue weighted by molar-refractivity contribution is 0.203. The van der Waals surface area contributed by atoms with Gasteiger partial charge in [-0.25, -0.2) is 4.79 Å². The molecular formula is C19H23N3O. The first kappa shape index (κ1) is 16.7. The molecule has 0 aliphatic heterocycles. The molecule has 1 N–H and O–H groups in total. The summed E-state index contributed by atoms with van der Waals surface area (Å²) in [5.74, 6) is 0. The fourth-order valence-corrected chi connectivity index (χ4v) is 2.23. The van der Waals surface area contributed by atoms with Crippen molar-refractivity contribution in [3.05, 3.63) is 78.1 Å². The molecule has 1 aromatic carbocycles. The van der Waals surface area contributed by atoms with Crippen molar-refractivity contribution < 1.29 is 4.79 Å². The van der Waals surface area contributed by atoms with E-state index in [2.05, 4.69) is 29.0 Å². The third kappa shape index (κ3) is 5.58. The van der Waals surface area contributed by atoms with Crippen LogP contribution in [0.1, 0.15) is 16.8 Å². The van der Waals surface area contributed by atoms with Gasteiger partial charge in [-0.15, -0.1) is 6.58 Å². The van der Waals surface area contributed by atoms with Gasteiger partial charge in [0.15, 0.2) is 0 Å². The molecule has 0 aliphatic rings. The molecular weight excluding hydrogens is 286 g/mol. The van der Waals surface area contributed by atoms with Crippen LogP contribution in [-0.2, 0) is 13.0 Å². The fraction of sp³-hybridized carbons (Fsp3) is 0.263. The molecule has 0 aliphatic carbocycles. The van der Waals surface area contributed by atoms with Gasteiger partial charge in [0, 0.05) is 31.5 Å². The smallest absolute Gasteiger partial charge is 0.317 e. The van der Waals surface area contributed by atoms with Gasteiger partial charge in [0.25, 0.3) is 0 Å². The normalized spacial score (nSPS) is 10.1. The number of carbonyl (C=O) groups excluding carboxylic acids is 1. The van der Waals surface area contributed by atoms with Gasteiger partial charge < -0.3 is 10.2 Å². The van der Waals surface area contributed by atoms with E-state index in [4.69, 9.17) is 0 Å². The lowest BCUT2D eigenvalue weighted by atomic mass is 10.1. The van der Waals surface area contributed by atoms with Gasteiger partial charge in [-0.2, -0.15) is 0 Å². The number of benzene rings is 1. The SMILES string of the molecule is C=CCN(CCc1ccccc1)C(=O)NCc1ccc(C)nc1. The second-order valence-electron chi connectivity index (χ2n) is 5.44. The van der Waals surface area contributed by atoms with Crippen LogP contribution in [0.5, 0.6) is 0 Å². The molecule has 0 saturated heterocycles. The highest BCUT2D eigenvalue weighted by molar-refractivity contribution is 5.74. The summed E-state index contributed by atoms with van der Waals surface area (Å²) in [5, 5.41) is 2.94. The highest BCUT2D eigenvalue weighted by Gasteiger charge is 2.11. The first-order valence-electron chi connectivity index (χ1n) is 7.78. The molecule has 0 fully saturated rings. The van der Waals surface area contributed by atoms with E-state index in [1.807, 2.05) is 37.3 Å². The Hall–Kier alpha value is -2.62. The van der Waals surface area contributed by atoms with Gasteiger partial charge in [-0.3, -0.25) is 4.98 Å². The lowest BCUT2D eigenvalue weighted by Gasteiger charge is -2.21. The number of carbonyl (C=O) groups is 1. The minimum Gasteiger partial charge on any atom is -0.334 e. The van der Waals surface area contributed by atoms with Gasteiger partial charge in [0.1, 0.15) is 0 Å². The highest BCUT2D eigenvalue weighted by Crippen LogP contribution is 2.03. The fourth-order valence-electron chi connectivity index (χ4n) is 2.23. The summed E-state index contributed by atoms with van der Waals surface area (Å²) in [6.45, 7) is 7.35. The predicted molar refractivity (Wildman–Crippen MR) is 93.1 cm³/mol. The van der Waals surface area contributed by atoms with Crippen LogP contribution in [-0.4, -0.2) is 29.0 Å². The molecule has 4 heteroatoms. The molecule has 0 atom stereocenters. The van der Waals surface area contributed by atoms with E-state index in [-0.39, 0.29) is 6.03 Å². The molecule has 0 saturated carbocycles. The minimum atomic E-state index is -0.0820. The van der Waals surface area contributed by atoms with Crippen LogP contribution < -0.4 is 5.32 Å². The Bertz CT molecular complexity index is 623. The Morgan fingerprint density at radius 2 is 2.00 bits per heavy atom. The van der Waals surface area contributed by atoms with Gasteiger partial charge in [0.05, 0.1) is 0 Å². The topological polar surface area (TPSA) is 45.2 Å². The van der Waals surface area contributed by atoms with Crippen LogP contribution in [0, 0.1) is 6.92 Å². The number of aromatic nitrogens is 1. The maximum absolute atomic E-state index is 12.3. The Balaban J connectivity index is 1.87. The maximum atomic E-state index is 12.3. The van der Waals surface area contributed by atoms with Gasteiger partial charge in [-0.1, -0.05) is 42.5 Å². The molecule has 0 spiro atoms. The Labute approximate surface area is 137 Å². The van der Waals surface area contributed by atoms with E-state index in [1.54, 1.807) is 17.2 Å². The zero-order chi connectivity index (χ0) is 16.5. The molecule has 1 heterocycles. The first-order valence-corrected chi connectivity index (χ1v) is 7.78. The third-order valence-electron chi connectivity index (χ3n) is 3.57. The van der Waals surface area contributed by atoms with E-state index in [1.165, 1.54) is 5.56 Å². The number of urea groups is 1. The van der Waals surface area contributed by atoms with Crippen LogP contribution in [0.2, 0.25) is 0 Å². The number of amides is 2. The monoisotopic (exact) mass is 309 g/mol. The molecule has 2 rings (SSSR count). The molecule has 2 amide bonds. The Morgan fingerprint density at radius 3 is 2.65 bits per heavy atom. The van der Waals surface area contributed by atoms with Crippen LogP contribution in [0.15, 0.2) is 61.3 Å². The molecule has 4 nitrogen and oxygen atoms in total. The number of nitrogens with one attached hydrogen (secondary N) is 1. The molecule has 1 aromatic heterocycles. The zero-order valence-corrected chi connectivity index (χ0v) is 13.5. The summed E-state index contributed by atoms with van der Waals surface area (Å²) in [6, 6.07) is 14.0. The summed E-state index contributed by atoms with van der Waals surface area (Å²) in [7, 11) is 0. The lowest BCUT2D eigenvalue weighted by Crippen LogP contribution is -2.40. The quantitative estimate of drug-likeness (QED) is 0.797. The van der Waals surface area contributed by atoms with Crippen molar-refractivity contribution in [1.82, 2.24) is 15.2 Å². The molecule has 0 bridgehead atoms. The van der Waals surface area contributed by atoms with E-state index in [0.29, 0.717) is 19.6 Å². The van der Waals surface area contributed by atoms with Crippen LogP contribution >= 0.6 is 0 Å². The van der Waals surface area contributed by atoms with Crippen LogP contribution in [0.3, 0.4) is 0 Å². The largest absolute Gasteiger partial charge is 0.334 e. The van der Waals surface area contributed by atoms with Crippen molar-refractivity contribution in [2.45, 2.75) is 19.9 Å². The Morgan fingerprint density at radius 1 is 1.22 bits per heavy atom. The van der Waals surface area contributed by atoms with Crippen molar-refractivity contribution in [2.24, 2.45) is 0 Å². The predicted octanol–water partition coefficient (Wildman–Crippen LogP) is 3.33. The number of aryl methyl sites for hydroxylation is 1. The van der Waals surface area contributed by atoms with Crippen LogP contribution in [0.4, 0.5) is 4.79 Å². The average Bonchev–Trinajstić information content (AvgIpc) is 2.58. The third-order valence-corrected chi connectivity index (χ3v) is 3.57. The Kier molecular flexibility index (Phi) is 6.36. The second kappa shape index (κ2) is 8.73. The van der Waals surface area contributed by atoms with E-state index in [0.717, 1.165) is 17.7 Å². The number of nitrogens with zero attached hydrogens (tertiary/aromatic N) is 2. The van der Waals surface area contributed by atoms with E-state index < -0.39 is 0 Å². The number of rotatable bonds is 7.